The molecule has 0 radical (unpaired) electrons. The lowest BCUT2D eigenvalue weighted by molar-refractivity contribution is -0.143. The lowest BCUT2D eigenvalue weighted by Gasteiger charge is -2.24. The largest absolute Gasteiger partial charge is 0.508 e. The minimum absolute atomic E-state index is 0.216. The Morgan fingerprint density at radius 1 is 1.40 bits per heavy atom. The highest BCUT2D eigenvalue weighted by atomic mass is 16.5. The molecule has 1 N–H and O–H groups in total. The molecule has 0 aliphatic carbocycles. The minimum Gasteiger partial charge on any atom is -0.508 e. The summed E-state index contributed by atoms with van der Waals surface area (Å²) in [6.07, 6.45) is 2.54. The lowest BCUT2D eigenvalue weighted by atomic mass is 10.2. The highest BCUT2D eigenvalue weighted by molar-refractivity contribution is 5.69. The molecule has 20 heavy (non-hydrogen) atoms. The van der Waals surface area contributed by atoms with Crippen molar-refractivity contribution < 1.29 is 19.4 Å². The standard InChI is InChI=1S/C15H19NO4/c1-3-19-15(18)9-8-14-16(10-11(2)20-14)12-4-6-13(17)7-5-12/h4-7,10,14,17H,3,8-9H2,1-2H3. The second-order valence-electron chi connectivity index (χ2n) is 4.58. The van der Waals surface area contributed by atoms with Crippen molar-refractivity contribution in [1.29, 1.82) is 0 Å². The van der Waals surface area contributed by atoms with Crippen LogP contribution in [0.1, 0.15) is 26.7 Å². The van der Waals surface area contributed by atoms with Crippen LogP contribution >= 0.6 is 0 Å². The summed E-state index contributed by atoms with van der Waals surface area (Å²) in [5, 5.41) is 9.33. The van der Waals surface area contributed by atoms with Crippen LogP contribution in [0.3, 0.4) is 0 Å². The Morgan fingerprint density at radius 3 is 2.75 bits per heavy atom. The number of aromatic hydroxyl groups is 1. The van der Waals surface area contributed by atoms with E-state index in [1.807, 2.05) is 30.2 Å². The fraction of sp³-hybridized carbons (Fsp3) is 0.400. The van der Waals surface area contributed by atoms with Gasteiger partial charge in [-0.25, -0.2) is 0 Å². The van der Waals surface area contributed by atoms with E-state index in [2.05, 4.69) is 0 Å². The predicted octanol–water partition coefficient (Wildman–Crippen LogP) is 2.76. The van der Waals surface area contributed by atoms with Gasteiger partial charge in [-0.3, -0.25) is 4.79 Å². The van der Waals surface area contributed by atoms with Crippen molar-refractivity contribution in [1.82, 2.24) is 0 Å². The Balaban J connectivity index is 2.02. The van der Waals surface area contributed by atoms with Gasteiger partial charge in [-0.1, -0.05) is 0 Å². The van der Waals surface area contributed by atoms with Crippen LogP contribution in [0, 0.1) is 0 Å². The smallest absolute Gasteiger partial charge is 0.305 e. The van der Waals surface area contributed by atoms with E-state index in [0.29, 0.717) is 19.4 Å². The van der Waals surface area contributed by atoms with Gasteiger partial charge in [-0.05, 0) is 38.1 Å². The first kappa shape index (κ1) is 14.2. The maximum Gasteiger partial charge on any atom is 0.305 e. The number of hydrogen-bond acceptors (Lipinski definition) is 5. The van der Waals surface area contributed by atoms with E-state index in [9.17, 15) is 9.90 Å². The van der Waals surface area contributed by atoms with Crippen LogP contribution in [0.25, 0.3) is 0 Å². The molecule has 1 heterocycles. The summed E-state index contributed by atoms with van der Waals surface area (Å²) in [4.78, 5) is 13.4. The van der Waals surface area contributed by atoms with Gasteiger partial charge in [0, 0.05) is 18.3 Å². The van der Waals surface area contributed by atoms with Crippen molar-refractivity contribution in [3.05, 3.63) is 36.2 Å². The quantitative estimate of drug-likeness (QED) is 0.839. The minimum atomic E-state index is -0.219. The number of esters is 1. The average molecular weight is 277 g/mol. The van der Waals surface area contributed by atoms with Crippen LogP contribution in [0.2, 0.25) is 0 Å². The van der Waals surface area contributed by atoms with Crippen molar-refractivity contribution in [2.75, 3.05) is 11.5 Å². The highest BCUT2D eigenvalue weighted by Crippen LogP contribution is 2.29. The van der Waals surface area contributed by atoms with Gasteiger partial charge in [0.15, 0.2) is 6.23 Å². The number of anilines is 1. The third-order valence-electron chi connectivity index (χ3n) is 3.00. The zero-order valence-corrected chi connectivity index (χ0v) is 11.7. The normalized spacial score (nSPS) is 17.6. The fourth-order valence-electron chi connectivity index (χ4n) is 2.12. The molecule has 1 aromatic carbocycles. The molecule has 0 spiro atoms. The number of phenolic OH excluding ortho intramolecular Hbond substituents is 1. The molecule has 0 amide bonds. The lowest BCUT2D eigenvalue weighted by Crippen LogP contribution is -2.28. The van der Waals surface area contributed by atoms with Crippen molar-refractivity contribution in [3.63, 3.8) is 0 Å². The zero-order valence-electron chi connectivity index (χ0n) is 11.7. The molecule has 0 saturated carbocycles. The van der Waals surface area contributed by atoms with Gasteiger partial charge in [0.25, 0.3) is 0 Å². The Kier molecular flexibility index (Phi) is 4.50. The van der Waals surface area contributed by atoms with E-state index in [-0.39, 0.29) is 17.9 Å². The van der Waals surface area contributed by atoms with Crippen LogP contribution in [0.15, 0.2) is 36.2 Å². The second-order valence-corrected chi connectivity index (χ2v) is 4.58. The molecular weight excluding hydrogens is 258 g/mol. The molecule has 1 unspecified atom stereocenters. The number of hydrogen-bond donors (Lipinski definition) is 1. The zero-order chi connectivity index (χ0) is 14.5. The van der Waals surface area contributed by atoms with Crippen LogP contribution in [0.5, 0.6) is 5.75 Å². The van der Waals surface area contributed by atoms with E-state index in [1.165, 1.54) is 0 Å². The monoisotopic (exact) mass is 277 g/mol. The molecule has 0 fully saturated rings. The van der Waals surface area contributed by atoms with Crippen molar-refractivity contribution in [2.45, 2.75) is 32.9 Å². The molecule has 108 valence electrons. The van der Waals surface area contributed by atoms with E-state index < -0.39 is 0 Å². The van der Waals surface area contributed by atoms with Gasteiger partial charge in [0.05, 0.1) is 13.0 Å². The third-order valence-corrected chi connectivity index (χ3v) is 3.00. The van der Waals surface area contributed by atoms with Crippen molar-refractivity contribution in [2.24, 2.45) is 0 Å². The highest BCUT2D eigenvalue weighted by Gasteiger charge is 2.26. The first-order valence-electron chi connectivity index (χ1n) is 6.68. The summed E-state index contributed by atoms with van der Waals surface area (Å²) in [6.45, 7) is 4.06. The van der Waals surface area contributed by atoms with Crippen molar-refractivity contribution in [3.8, 4) is 5.75 Å². The maximum atomic E-state index is 11.4. The number of carbonyl (C=O) groups excluding carboxylic acids is 1. The first-order chi connectivity index (χ1) is 9.60. The Morgan fingerprint density at radius 2 is 2.10 bits per heavy atom. The summed E-state index contributed by atoms with van der Waals surface area (Å²) in [6, 6.07) is 6.87. The van der Waals surface area contributed by atoms with Crippen molar-refractivity contribution >= 4 is 11.7 Å². The molecule has 5 heteroatoms. The predicted molar refractivity (Wildman–Crippen MR) is 75.1 cm³/mol. The van der Waals surface area contributed by atoms with Gasteiger partial charge in [0.1, 0.15) is 11.5 Å². The number of benzene rings is 1. The van der Waals surface area contributed by atoms with Crippen LogP contribution in [-0.2, 0) is 14.3 Å². The Labute approximate surface area is 118 Å². The number of carbonyl (C=O) groups is 1. The van der Waals surface area contributed by atoms with Crippen LogP contribution in [-0.4, -0.2) is 23.9 Å². The SMILES string of the molecule is CCOC(=O)CCC1OC(C)=CN1c1ccc(O)cc1. The summed E-state index contributed by atoms with van der Waals surface area (Å²) in [5.74, 6) is 0.802. The Bertz CT molecular complexity index is 495. The summed E-state index contributed by atoms with van der Waals surface area (Å²) in [7, 11) is 0. The average Bonchev–Trinajstić information content (AvgIpc) is 2.79. The first-order valence-corrected chi connectivity index (χ1v) is 6.68. The number of nitrogens with zero attached hydrogens (tertiary/aromatic N) is 1. The molecule has 0 bridgehead atoms. The topological polar surface area (TPSA) is 59.0 Å². The number of rotatable bonds is 5. The number of allylic oxidation sites excluding steroid dienone is 1. The molecule has 0 saturated heterocycles. The van der Waals surface area contributed by atoms with Gasteiger partial charge >= 0.3 is 5.97 Å². The molecule has 1 aliphatic rings. The number of ether oxygens (including phenoxy) is 2. The summed E-state index contributed by atoms with van der Waals surface area (Å²) < 4.78 is 10.6. The molecule has 1 atom stereocenters. The van der Waals surface area contributed by atoms with Gasteiger partial charge in [-0.15, -0.1) is 0 Å². The molecule has 1 aromatic rings. The molecule has 2 rings (SSSR count). The fourth-order valence-corrected chi connectivity index (χ4v) is 2.12. The summed E-state index contributed by atoms with van der Waals surface area (Å²) in [5.41, 5.74) is 0.911. The second kappa shape index (κ2) is 6.32. The van der Waals surface area contributed by atoms with Crippen LogP contribution < -0.4 is 4.90 Å². The Hall–Kier alpha value is -2.17. The van der Waals surface area contributed by atoms with Gasteiger partial charge < -0.3 is 19.5 Å². The van der Waals surface area contributed by atoms with Crippen LogP contribution in [0.4, 0.5) is 5.69 Å². The van der Waals surface area contributed by atoms with E-state index >= 15 is 0 Å². The molecule has 1 aliphatic heterocycles. The maximum absolute atomic E-state index is 11.4. The molecular formula is C15H19NO4. The van der Waals surface area contributed by atoms with Gasteiger partial charge in [-0.2, -0.15) is 0 Å². The van der Waals surface area contributed by atoms with E-state index in [4.69, 9.17) is 9.47 Å². The number of phenols is 1. The van der Waals surface area contributed by atoms with E-state index in [0.717, 1.165) is 11.4 Å². The van der Waals surface area contributed by atoms with Gasteiger partial charge in [0.2, 0.25) is 0 Å². The van der Waals surface area contributed by atoms with E-state index in [1.54, 1.807) is 19.1 Å². The molecule has 5 nitrogen and oxygen atoms in total. The molecule has 0 aromatic heterocycles. The third kappa shape index (κ3) is 3.44. The summed E-state index contributed by atoms with van der Waals surface area (Å²) >= 11 is 0.